The monoisotopic (exact) mass is 478 g/mol. The zero-order valence-corrected chi connectivity index (χ0v) is 19.5. The third kappa shape index (κ3) is 4.32. The number of hydrogen-bond acceptors (Lipinski definition) is 7. The topological polar surface area (TPSA) is 138 Å². The molecule has 3 fully saturated rings. The Hall–Kier alpha value is -2.63. The van der Waals surface area contributed by atoms with Gasteiger partial charge in [-0.2, -0.15) is 0 Å². The maximum Gasteiger partial charge on any atom is 0.227 e. The van der Waals surface area contributed by atoms with Crippen LogP contribution in [0.1, 0.15) is 19.3 Å². The van der Waals surface area contributed by atoms with Gasteiger partial charge in [-0.3, -0.25) is 9.59 Å². The Morgan fingerprint density at radius 2 is 1.73 bits per heavy atom. The highest BCUT2D eigenvalue weighted by atomic mass is 32.1. The van der Waals surface area contributed by atoms with Crippen molar-refractivity contribution in [3.8, 4) is 11.5 Å². The number of nitrogens with zero attached hydrogens (tertiary/aromatic N) is 2. The SMILES string of the molecule is COc1cc(OC)cc(N2C(=S)N[C@H]3[C@@H](O)[C@H](O)C[C@@H](C(=O)N4CCC(C(N)=O)CC4)[C@@H]32)c1. The minimum atomic E-state index is -1.09. The number of anilines is 1. The fourth-order valence-corrected chi connectivity index (χ4v) is 5.54. The summed E-state index contributed by atoms with van der Waals surface area (Å²) in [5.74, 6) is -0.218. The van der Waals surface area contributed by atoms with Gasteiger partial charge in [0, 0.05) is 37.2 Å². The Morgan fingerprint density at radius 1 is 1.12 bits per heavy atom. The predicted octanol–water partition coefficient (Wildman–Crippen LogP) is -0.399. The van der Waals surface area contributed by atoms with E-state index >= 15 is 0 Å². The number of nitrogens with one attached hydrogen (secondary N) is 1. The number of ether oxygens (including phenoxy) is 2. The van der Waals surface area contributed by atoms with Gasteiger partial charge in [0.1, 0.15) is 17.6 Å². The fourth-order valence-electron chi connectivity index (χ4n) is 5.18. The first-order chi connectivity index (χ1) is 15.7. The molecule has 0 aromatic heterocycles. The molecule has 0 bridgehead atoms. The van der Waals surface area contributed by atoms with E-state index in [0.29, 0.717) is 48.2 Å². The molecule has 5 atom stereocenters. The smallest absolute Gasteiger partial charge is 0.227 e. The summed E-state index contributed by atoms with van der Waals surface area (Å²) in [6.07, 6.45) is -1.03. The zero-order chi connectivity index (χ0) is 23.9. The average molecular weight is 479 g/mol. The number of methoxy groups -OCH3 is 2. The van der Waals surface area contributed by atoms with E-state index in [1.165, 1.54) is 0 Å². The second-order valence-corrected chi connectivity index (χ2v) is 9.20. The third-order valence-corrected chi connectivity index (χ3v) is 7.30. The summed E-state index contributed by atoms with van der Waals surface area (Å²) in [5.41, 5.74) is 6.08. The summed E-state index contributed by atoms with van der Waals surface area (Å²) < 4.78 is 10.8. The number of rotatable bonds is 5. The average Bonchev–Trinajstić information content (AvgIpc) is 3.17. The van der Waals surface area contributed by atoms with Crippen molar-refractivity contribution in [2.24, 2.45) is 17.6 Å². The summed E-state index contributed by atoms with van der Waals surface area (Å²) in [6.45, 7) is 0.841. The second kappa shape index (κ2) is 9.32. The van der Waals surface area contributed by atoms with Crippen LogP contribution in [0.3, 0.4) is 0 Å². The number of aliphatic hydroxyl groups is 2. The molecule has 11 heteroatoms. The van der Waals surface area contributed by atoms with E-state index in [9.17, 15) is 19.8 Å². The third-order valence-electron chi connectivity index (χ3n) is 6.99. The normalized spacial score (nSPS) is 29.9. The summed E-state index contributed by atoms with van der Waals surface area (Å²) in [7, 11) is 3.09. The van der Waals surface area contributed by atoms with Gasteiger partial charge in [-0.05, 0) is 31.5 Å². The van der Waals surface area contributed by atoms with Gasteiger partial charge in [0.25, 0.3) is 0 Å². The number of hydrogen-bond donors (Lipinski definition) is 4. The van der Waals surface area contributed by atoms with E-state index in [1.807, 2.05) is 0 Å². The lowest BCUT2D eigenvalue weighted by Crippen LogP contribution is -2.61. The number of primary amides is 1. The van der Waals surface area contributed by atoms with Crippen molar-refractivity contribution in [3.05, 3.63) is 18.2 Å². The molecule has 10 nitrogen and oxygen atoms in total. The van der Waals surface area contributed by atoms with Crippen LogP contribution in [0.15, 0.2) is 18.2 Å². The van der Waals surface area contributed by atoms with Crippen LogP contribution in [0.25, 0.3) is 0 Å². The van der Waals surface area contributed by atoms with Crippen molar-refractivity contribution in [1.29, 1.82) is 0 Å². The molecule has 1 aromatic rings. The molecule has 1 saturated carbocycles. The van der Waals surface area contributed by atoms with Crippen LogP contribution in [-0.2, 0) is 9.59 Å². The number of likely N-dealkylation sites (tertiary alicyclic amines) is 1. The highest BCUT2D eigenvalue weighted by Crippen LogP contribution is 2.40. The van der Waals surface area contributed by atoms with E-state index < -0.39 is 30.2 Å². The summed E-state index contributed by atoms with van der Waals surface area (Å²) in [5, 5.41) is 24.7. The van der Waals surface area contributed by atoms with E-state index in [2.05, 4.69) is 5.32 Å². The molecule has 2 amide bonds. The van der Waals surface area contributed by atoms with Crippen LogP contribution in [0, 0.1) is 11.8 Å². The van der Waals surface area contributed by atoms with Gasteiger partial charge in [-0.1, -0.05) is 0 Å². The van der Waals surface area contributed by atoms with Crippen molar-refractivity contribution >= 4 is 34.8 Å². The Bertz CT molecular complexity index is 915. The number of carbonyl (C=O) groups is 2. The maximum atomic E-state index is 13.6. The molecular weight excluding hydrogens is 448 g/mol. The van der Waals surface area contributed by atoms with Gasteiger partial charge in [0.05, 0.1) is 44.0 Å². The molecule has 0 spiro atoms. The van der Waals surface area contributed by atoms with E-state index in [1.54, 1.807) is 42.2 Å². The predicted molar refractivity (Wildman–Crippen MR) is 124 cm³/mol. The van der Waals surface area contributed by atoms with Gasteiger partial charge in [-0.15, -0.1) is 0 Å². The second-order valence-electron chi connectivity index (χ2n) is 8.81. The number of thiocarbonyl (C=S) groups is 1. The van der Waals surface area contributed by atoms with Gasteiger partial charge in [0.2, 0.25) is 11.8 Å². The van der Waals surface area contributed by atoms with Gasteiger partial charge >= 0.3 is 0 Å². The molecule has 2 saturated heterocycles. The molecule has 5 N–H and O–H groups in total. The number of fused-ring (bicyclic) bond motifs is 1. The summed E-state index contributed by atoms with van der Waals surface area (Å²) in [4.78, 5) is 28.7. The minimum absolute atomic E-state index is 0.0960. The van der Waals surface area contributed by atoms with E-state index in [-0.39, 0.29) is 24.2 Å². The number of benzene rings is 1. The molecule has 180 valence electrons. The molecule has 2 aliphatic heterocycles. The van der Waals surface area contributed by atoms with Crippen molar-refractivity contribution in [2.75, 3.05) is 32.2 Å². The Labute approximate surface area is 197 Å². The lowest BCUT2D eigenvalue weighted by molar-refractivity contribution is -0.144. The maximum absolute atomic E-state index is 13.6. The highest BCUT2D eigenvalue weighted by molar-refractivity contribution is 7.80. The van der Waals surface area contributed by atoms with Gasteiger partial charge in [0.15, 0.2) is 5.11 Å². The quantitative estimate of drug-likeness (QED) is 0.417. The van der Waals surface area contributed by atoms with Crippen LogP contribution in [0.5, 0.6) is 11.5 Å². The van der Waals surface area contributed by atoms with E-state index in [4.69, 9.17) is 27.4 Å². The standard InChI is InChI=1S/C22H30N4O6S/c1-31-13-7-12(8-14(9-13)32-2)26-18-15(10-16(27)19(28)17(18)24-22(26)33)21(30)25-5-3-11(4-6-25)20(23)29/h7-9,11,15-19,27-28H,3-6,10H2,1-2H3,(H2,23,29)(H,24,33)/t15-,16-,17-,18+,19+/m1/s1. The molecular formula is C22H30N4O6S. The number of amides is 2. The first-order valence-electron chi connectivity index (χ1n) is 11.0. The Kier molecular flexibility index (Phi) is 6.64. The lowest BCUT2D eigenvalue weighted by Gasteiger charge is -2.44. The van der Waals surface area contributed by atoms with Crippen molar-refractivity contribution in [3.63, 3.8) is 0 Å². The molecule has 1 aromatic carbocycles. The Balaban J connectivity index is 1.66. The fraction of sp³-hybridized carbons (Fsp3) is 0.591. The number of aliphatic hydroxyl groups excluding tert-OH is 2. The zero-order valence-electron chi connectivity index (χ0n) is 18.6. The summed E-state index contributed by atoms with van der Waals surface area (Å²) >= 11 is 5.59. The molecule has 3 aliphatic rings. The molecule has 0 unspecified atom stereocenters. The van der Waals surface area contributed by atoms with Crippen LogP contribution in [0.4, 0.5) is 5.69 Å². The van der Waals surface area contributed by atoms with Crippen LogP contribution >= 0.6 is 12.2 Å². The molecule has 0 radical (unpaired) electrons. The summed E-state index contributed by atoms with van der Waals surface area (Å²) in [6, 6.07) is 4.16. The van der Waals surface area contributed by atoms with Gasteiger partial charge < -0.3 is 40.5 Å². The van der Waals surface area contributed by atoms with Crippen LogP contribution in [-0.4, -0.2) is 83.6 Å². The minimum Gasteiger partial charge on any atom is -0.497 e. The first kappa shape index (κ1) is 23.5. The number of piperidine rings is 1. The van der Waals surface area contributed by atoms with Crippen molar-refractivity contribution in [2.45, 2.75) is 43.6 Å². The van der Waals surface area contributed by atoms with Crippen molar-refractivity contribution < 1.29 is 29.3 Å². The van der Waals surface area contributed by atoms with Crippen LogP contribution in [0.2, 0.25) is 0 Å². The Morgan fingerprint density at radius 3 is 2.27 bits per heavy atom. The lowest BCUT2D eigenvalue weighted by atomic mass is 9.76. The van der Waals surface area contributed by atoms with Crippen molar-refractivity contribution in [1.82, 2.24) is 10.2 Å². The first-order valence-corrected chi connectivity index (χ1v) is 11.4. The number of nitrogens with two attached hydrogens (primary N) is 1. The molecule has 33 heavy (non-hydrogen) atoms. The highest BCUT2D eigenvalue weighted by Gasteiger charge is 2.54. The molecule has 4 rings (SSSR count). The van der Waals surface area contributed by atoms with Gasteiger partial charge in [-0.25, -0.2) is 0 Å². The largest absolute Gasteiger partial charge is 0.497 e. The van der Waals surface area contributed by atoms with E-state index in [0.717, 1.165) is 0 Å². The van der Waals surface area contributed by atoms with Crippen LogP contribution < -0.4 is 25.4 Å². The molecule has 2 heterocycles. The number of carbonyl (C=O) groups excluding carboxylic acids is 2. The molecule has 1 aliphatic carbocycles.